The van der Waals surface area contributed by atoms with Gasteiger partial charge in [0.15, 0.2) is 0 Å². The lowest BCUT2D eigenvalue weighted by atomic mass is 10.2. The van der Waals surface area contributed by atoms with Crippen LogP contribution in [0.4, 0.5) is 0 Å². The minimum atomic E-state index is -0.295. The maximum Gasteiger partial charge on any atom is 0.307 e. The predicted octanol–water partition coefficient (Wildman–Crippen LogP) is 1.67. The first-order valence-corrected chi connectivity index (χ1v) is 6.87. The average Bonchev–Trinajstić information content (AvgIpc) is 2.83. The number of aryl methyl sites for hydroxylation is 1. The van der Waals surface area contributed by atoms with Crippen LogP contribution in [0.3, 0.4) is 0 Å². The Balaban J connectivity index is 2.04. The summed E-state index contributed by atoms with van der Waals surface area (Å²) in [4.78, 5) is 29.5. The van der Waals surface area contributed by atoms with Crippen molar-refractivity contribution in [3.63, 3.8) is 0 Å². The molecule has 6 nitrogen and oxygen atoms in total. The molecule has 2 aromatic rings. The molecule has 112 valence electrons. The Morgan fingerprint density at radius 3 is 2.90 bits per heavy atom. The van der Waals surface area contributed by atoms with Crippen LogP contribution in [0.1, 0.15) is 29.4 Å². The van der Waals surface area contributed by atoms with Crippen molar-refractivity contribution in [2.75, 3.05) is 20.2 Å². The van der Waals surface area contributed by atoms with Crippen molar-refractivity contribution in [1.82, 2.24) is 14.3 Å². The van der Waals surface area contributed by atoms with Crippen molar-refractivity contribution >= 4 is 17.5 Å². The van der Waals surface area contributed by atoms with Gasteiger partial charge in [-0.15, -0.1) is 0 Å². The van der Waals surface area contributed by atoms with E-state index in [4.69, 9.17) is 4.74 Å². The number of carbonyl (C=O) groups excluding carboxylic acids is 2. The fourth-order valence-corrected chi connectivity index (χ4v) is 2.06. The average molecular weight is 289 g/mol. The molecule has 0 fully saturated rings. The first kappa shape index (κ1) is 15.0. The summed E-state index contributed by atoms with van der Waals surface area (Å²) in [6.07, 6.45) is 3.90. The molecule has 1 amide bonds. The summed E-state index contributed by atoms with van der Waals surface area (Å²) in [5, 5.41) is 0. The van der Waals surface area contributed by atoms with Gasteiger partial charge in [-0.05, 0) is 26.0 Å². The normalized spacial score (nSPS) is 10.6. The highest BCUT2D eigenvalue weighted by Crippen LogP contribution is 2.10. The van der Waals surface area contributed by atoms with Crippen LogP contribution in [-0.4, -0.2) is 46.4 Å². The number of esters is 1. The van der Waals surface area contributed by atoms with Gasteiger partial charge < -0.3 is 14.0 Å². The molecule has 0 spiro atoms. The molecule has 6 heteroatoms. The molecule has 0 N–H and O–H groups in total. The Bertz CT molecular complexity index is 663. The summed E-state index contributed by atoms with van der Waals surface area (Å²) in [6, 6.07) is 3.49. The molecule has 21 heavy (non-hydrogen) atoms. The fourth-order valence-electron chi connectivity index (χ4n) is 2.06. The molecule has 0 unspecified atom stereocenters. The molecule has 0 radical (unpaired) electrons. The van der Waals surface area contributed by atoms with Gasteiger partial charge in [-0.1, -0.05) is 0 Å². The summed E-state index contributed by atoms with van der Waals surface area (Å²) in [7, 11) is 1.67. The van der Waals surface area contributed by atoms with Gasteiger partial charge in [-0.2, -0.15) is 0 Å². The Hall–Kier alpha value is -2.37. The first-order chi connectivity index (χ1) is 10.0. The van der Waals surface area contributed by atoms with Crippen molar-refractivity contribution < 1.29 is 14.3 Å². The summed E-state index contributed by atoms with van der Waals surface area (Å²) in [5.41, 5.74) is 2.19. The lowest BCUT2D eigenvalue weighted by Crippen LogP contribution is -2.29. The molecule has 0 saturated carbocycles. The van der Waals surface area contributed by atoms with Crippen LogP contribution in [0.15, 0.2) is 24.5 Å². The third-order valence-electron chi connectivity index (χ3n) is 3.13. The van der Waals surface area contributed by atoms with Crippen molar-refractivity contribution in [2.45, 2.75) is 20.3 Å². The number of imidazole rings is 1. The number of carbonyl (C=O) groups is 2. The second kappa shape index (κ2) is 6.39. The summed E-state index contributed by atoms with van der Waals surface area (Å²) in [6.45, 7) is 4.34. The predicted molar refractivity (Wildman–Crippen MR) is 78.1 cm³/mol. The molecular weight excluding hydrogens is 270 g/mol. The summed E-state index contributed by atoms with van der Waals surface area (Å²) >= 11 is 0. The van der Waals surface area contributed by atoms with Crippen molar-refractivity contribution in [3.8, 4) is 0 Å². The van der Waals surface area contributed by atoms with E-state index in [2.05, 4.69) is 4.98 Å². The molecule has 2 rings (SSSR count). The number of fused-ring (bicyclic) bond motifs is 1. The van der Waals surface area contributed by atoms with E-state index in [1.54, 1.807) is 26.1 Å². The highest BCUT2D eigenvalue weighted by atomic mass is 16.5. The lowest BCUT2D eigenvalue weighted by molar-refractivity contribution is -0.143. The minimum Gasteiger partial charge on any atom is -0.466 e. The quantitative estimate of drug-likeness (QED) is 0.785. The molecule has 0 aliphatic carbocycles. The molecule has 0 aromatic carbocycles. The molecule has 0 saturated heterocycles. The van der Waals surface area contributed by atoms with Crippen LogP contribution in [-0.2, 0) is 9.53 Å². The topological polar surface area (TPSA) is 63.9 Å². The molecule has 2 heterocycles. The van der Waals surface area contributed by atoms with E-state index in [9.17, 15) is 9.59 Å². The van der Waals surface area contributed by atoms with E-state index in [-0.39, 0.29) is 18.3 Å². The Kier molecular flexibility index (Phi) is 4.57. The Morgan fingerprint density at radius 2 is 2.19 bits per heavy atom. The van der Waals surface area contributed by atoms with Crippen LogP contribution in [0.25, 0.3) is 5.65 Å². The van der Waals surface area contributed by atoms with E-state index in [0.717, 1.165) is 11.3 Å². The number of nitrogens with zero attached hydrogens (tertiary/aromatic N) is 3. The minimum absolute atomic E-state index is 0.137. The van der Waals surface area contributed by atoms with E-state index in [1.165, 1.54) is 4.90 Å². The lowest BCUT2D eigenvalue weighted by Gasteiger charge is -2.16. The van der Waals surface area contributed by atoms with Gasteiger partial charge in [0, 0.05) is 31.5 Å². The van der Waals surface area contributed by atoms with Gasteiger partial charge in [0.1, 0.15) is 5.65 Å². The zero-order valence-electron chi connectivity index (χ0n) is 12.5. The van der Waals surface area contributed by atoms with Crippen LogP contribution in [0, 0.1) is 6.92 Å². The number of hydrogen-bond acceptors (Lipinski definition) is 4. The Labute approximate surface area is 123 Å². The zero-order valence-corrected chi connectivity index (χ0v) is 12.5. The maximum absolute atomic E-state index is 12.3. The van der Waals surface area contributed by atoms with Gasteiger partial charge in [-0.3, -0.25) is 9.59 Å². The van der Waals surface area contributed by atoms with Gasteiger partial charge in [0.05, 0.1) is 18.7 Å². The molecular formula is C15H19N3O3. The van der Waals surface area contributed by atoms with E-state index >= 15 is 0 Å². The monoisotopic (exact) mass is 289 g/mol. The van der Waals surface area contributed by atoms with Crippen LogP contribution < -0.4 is 0 Å². The highest BCUT2D eigenvalue weighted by Gasteiger charge is 2.14. The van der Waals surface area contributed by atoms with E-state index < -0.39 is 0 Å². The van der Waals surface area contributed by atoms with Gasteiger partial charge >= 0.3 is 5.97 Å². The SMILES string of the molecule is CCOC(=O)CCN(C)C(=O)c1ccn2cc(C)nc2c1. The van der Waals surface area contributed by atoms with Crippen molar-refractivity contribution in [2.24, 2.45) is 0 Å². The maximum atomic E-state index is 12.3. The van der Waals surface area contributed by atoms with Gasteiger partial charge in [0.25, 0.3) is 5.91 Å². The van der Waals surface area contributed by atoms with Gasteiger partial charge in [0.2, 0.25) is 0 Å². The number of rotatable bonds is 5. The summed E-state index contributed by atoms with van der Waals surface area (Å²) in [5.74, 6) is -0.432. The second-order valence-corrected chi connectivity index (χ2v) is 4.84. The van der Waals surface area contributed by atoms with Crippen LogP contribution in [0.5, 0.6) is 0 Å². The van der Waals surface area contributed by atoms with Gasteiger partial charge in [-0.25, -0.2) is 4.98 Å². The smallest absolute Gasteiger partial charge is 0.307 e. The Morgan fingerprint density at radius 1 is 1.43 bits per heavy atom. The van der Waals surface area contributed by atoms with Crippen LogP contribution in [0.2, 0.25) is 0 Å². The molecule has 2 aromatic heterocycles. The summed E-state index contributed by atoms with van der Waals surface area (Å²) < 4.78 is 6.71. The molecule has 0 bridgehead atoms. The highest BCUT2D eigenvalue weighted by molar-refractivity contribution is 5.95. The van der Waals surface area contributed by atoms with E-state index in [0.29, 0.717) is 18.7 Å². The third kappa shape index (κ3) is 3.59. The number of hydrogen-bond donors (Lipinski definition) is 0. The number of pyridine rings is 1. The number of aromatic nitrogens is 2. The first-order valence-electron chi connectivity index (χ1n) is 6.87. The van der Waals surface area contributed by atoms with Crippen molar-refractivity contribution in [3.05, 3.63) is 35.8 Å². The third-order valence-corrected chi connectivity index (χ3v) is 3.13. The fraction of sp³-hybridized carbons (Fsp3) is 0.400. The molecule has 0 aliphatic heterocycles. The molecule has 0 aliphatic rings. The standard InChI is InChI=1S/C15H19N3O3/c1-4-21-14(19)6-7-17(3)15(20)12-5-8-18-10-11(2)16-13(18)9-12/h5,8-10H,4,6-7H2,1-3H3. The van der Waals surface area contributed by atoms with Crippen LogP contribution >= 0.6 is 0 Å². The second-order valence-electron chi connectivity index (χ2n) is 4.84. The number of ether oxygens (including phenoxy) is 1. The largest absolute Gasteiger partial charge is 0.466 e. The van der Waals surface area contributed by atoms with E-state index in [1.807, 2.05) is 23.7 Å². The molecule has 0 atom stereocenters. The zero-order chi connectivity index (χ0) is 15.4. The van der Waals surface area contributed by atoms with Crippen molar-refractivity contribution in [1.29, 1.82) is 0 Å². The number of amides is 1.